The number of anilines is 1. The number of halogens is 3. The highest BCUT2D eigenvalue weighted by molar-refractivity contribution is 6.13. The number of piperidine rings is 1. The van der Waals surface area contributed by atoms with Crippen LogP contribution in [0.5, 0.6) is 5.75 Å². The fourth-order valence-corrected chi connectivity index (χ4v) is 5.09. The first-order valence-electron chi connectivity index (χ1n) is 12.2. The number of phenolic OH excluding ortho intramolecular Hbond substituents is 1. The third-order valence-electron chi connectivity index (χ3n) is 6.99. The molecule has 0 atom stereocenters. The molecule has 0 radical (unpaired) electrons. The van der Waals surface area contributed by atoms with Crippen molar-refractivity contribution >= 4 is 28.5 Å². The van der Waals surface area contributed by atoms with Gasteiger partial charge in [-0.15, -0.1) is 0 Å². The number of aryl methyl sites for hydroxylation is 2. The van der Waals surface area contributed by atoms with E-state index in [4.69, 9.17) is 4.42 Å². The number of amides is 2. The molecule has 1 saturated heterocycles. The van der Waals surface area contributed by atoms with E-state index in [1.165, 1.54) is 34.8 Å². The molecule has 2 aromatic heterocycles. The van der Waals surface area contributed by atoms with Crippen LogP contribution in [0.1, 0.15) is 56.4 Å². The molecule has 3 heterocycles. The highest BCUT2D eigenvalue weighted by Gasteiger charge is 2.38. The Balaban J connectivity index is 1.22. The Morgan fingerprint density at radius 2 is 1.74 bits per heavy atom. The summed E-state index contributed by atoms with van der Waals surface area (Å²) in [5, 5.41) is 13.1. The van der Waals surface area contributed by atoms with Crippen LogP contribution in [-0.4, -0.2) is 39.5 Å². The Morgan fingerprint density at radius 1 is 1.05 bits per heavy atom. The summed E-state index contributed by atoms with van der Waals surface area (Å²) in [4.78, 5) is 27.3. The average molecular weight is 526 g/mol. The maximum Gasteiger partial charge on any atom is 0.418 e. The molecule has 2 N–H and O–H groups in total. The van der Waals surface area contributed by atoms with Gasteiger partial charge in [0.2, 0.25) is 0 Å². The number of benzene rings is 2. The first-order valence-corrected chi connectivity index (χ1v) is 12.2. The third kappa shape index (κ3) is 4.85. The predicted octanol–water partition coefficient (Wildman–Crippen LogP) is 6.08. The molecule has 0 unspecified atom stereocenters. The summed E-state index contributed by atoms with van der Waals surface area (Å²) in [6.07, 6.45) is -1.19. The normalized spacial score (nSPS) is 14.7. The first-order chi connectivity index (χ1) is 18.0. The molecule has 38 heavy (non-hydrogen) atoms. The maximum atomic E-state index is 13.3. The van der Waals surface area contributed by atoms with Gasteiger partial charge in [-0.1, -0.05) is 12.1 Å². The third-order valence-corrected chi connectivity index (χ3v) is 6.99. The second-order valence-corrected chi connectivity index (χ2v) is 9.61. The summed E-state index contributed by atoms with van der Waals surface area (Å²) in [7, 11) is 1.47. The van der Waals surface area contributed by atoms with Crippen LogP contribution >= 0.6 is 0 Å². The number of aromatic hydroxyl groups is 1. The van der Waals surface area contributed by atoms with Crippen molar-refractivity contribution in [3.8, 4) is 5.75 Å². The van der Waals surface area contributed by atoms with Crippen molar-refractivity contribution in [1.82, 2.24) is 9.47 Å². The summed E-state index contributed by atoms with van der Waals surface area (Å²) in [6, 6.07) is 12.0. The molecular formula is C28H26F3N3O4. The van der Waals surface area contributed by atoms with E-state index in [2.05, 4.69) is 5.32 Å². The first kappa shape index (κ1) is 25.4. The number of nitrogens with zero attached hydrogens (tertiary/aromatic N) is 2. The van der Waals surface area contributed by atoms with Gasteiger partial charge in [-0.05, 0) is 55.5 Å². The quantitative estimate of drug-likeness (QED) is 0.338. The number of rotatable bonds is 4. The summed E-state index contributed by atoms with van der Waals surface area (Å²) in [6.45, 7) is 2.40. The number of aromatic nitrogens is 1. The van der Waals surface area contributed by atoms with Crippen LogP contribution in [-0.2, 0) is 13.2 Å². The van der Waals surface area contributed by atoms with Crippen LogP contribution in [0.3, 0.4) is 0 Å². The lowest BCUT2D eigenvalue weighted by molar-refractivity contribution is -0.138. The van der Waals surface area contributed by atoms with E-state index in [-0.39, 0.29) is 23.1 Å². The molecule has 1 aliphatic heterocycles. The van der Waals surface area contributed by atoms with Crippen LogP contribution in [0, 0.1) is 6.92 Å². The highest BCUT2D eigenvalue weighted by Crippen LogP contribution is 2.35. The van der Waals surface area contributed by atoms with Crippen molar-refractivity contribution in [3.63, 3.8) is 0 Å². The zero-order valence-corrected chi connectivity index (χ0v) is 20.8. The minimum Gasteiger partial charge on any atom is -0.508 e. The molecule has 198 valence electrons. The van der Waals surface area contributed by atoms with Gasteiger partial charge in [0, 0.05) is 49.7 Å². The van der Waals surface area contributed by atoms with Crippen molar-refractivity contribution < 1.29 is 32.3 Å². The topological polar surface area (TPSA) is 87.7 Å². The van der Waals surface area contributed by atoms with Crippen molar-refractivity contribution in [3.05, 3.63) is 82.9 Å². The number of hydrogen-bond acceptors (Lipinski definition) is 4. The Labute approximate surface area is 216 Å². The molecule has 0 bridgehead atoms. The zero-order chi connectivity index (χ0) is 27.2. The van der Waals surface area contributed by atoms with Crippen LogP contribution in [0.15, 0.2) is 59.3 Å². The number of likely N-dealkylation sites (tertiary alicyclic amines) is 1. The van der Waals surface area contributed by atoms with Crippen molar-refractivity contribution in [2.75, 3.05) is 18.4 Å². The van der Waals surface area contributed by atoms with Crippen LogP contribution in [0.2, 0.25) is 0 Å². The molecule has 4 aromatic rings. The molecule has 0 spiro atoms. The lowest BCUT2D eigenvalue weighted by Crippen LogP contribution is -2.38. The Morgan fingerprint density at radius 3 is 2.39 bits per heavy atom. The Kier molecular flexibility index (Phi) is 6.42. The molecule has 0 saturated carbocycles. The second kappa shape index (κ2) is 9.59. The molecule has 2 amide bonds. The van der Waals surface area contributed by atoms with Gasteiger partial charge < -0.3 is 24.3 Å². The lowest BCUT2D eigenvalue weighted by atomic mass is 9.89. The monoisotopic (exact) mass is 525 g/mol. The molecular weight excluding hydrogens is 499 g/mol. The number of nitrogens with one attached hydrogen (secondary N) is 1. The van der Waals surface area contributed by atoms with Gasteiger partial charge in [0.1, 0.15) is 17.1 Å². The second-order valence-electron chi connectivity index (χ2n) is 9.61. The van der Waals surface area contributed by atoms with Crippen LogP contribution in [0.4, 0.5) is 18.9 Å². The lowest BCUT2D eigenvalue weighted by Gasteiger charge is -2.32. The van der Waals surface area contributed by atoms with Gasteiger partial charge in [-0.25, -0.2) is 0 Å². The van der Waals surface area contributed by atoms with E-state index in [1.54, 1.807) is 25.1 Å². The summed E-state index contributed by atoms with van der Waals surface area (Å²) in [5.74, 6) is -0.291. The van der Waals surface area contributed by atoms with Gasteiger partial charge in [-0.3, -0.25) is 9.59 Å². The van der Waals surface area contributed by atoms with Gasteiger partial charge in [0.25, 0.3) is 11.8 Å². The number of alkyl halides is 3. The van der Waals surface area contributed by atoms with E-state index < -0.39 is 17.6 Å². The van der Waals surface area contributed by atoms with E-state index in [0.717, 1.165) is 11.8 Å². The number of furan rings is 1. The number of fused-ring (bicyclic) bond motifs is 1. The number of hydrogen-bond donors (Lipinski definition) is 2. The zero-order valence-electron chi connectivity index (χ0n) is 20.8. The minimum absolute atomic E-state index is 0.0510. The van der Waals surface area contributed by atoms with Gasteiger partial charge in [0.15, 0.2) is 0 Å². The van der Waals surface area contributed by atoms with E-state index in [1.807, 2.05) is 12.1 Å². The molecule has 1 fully saturated rings. The largest absolute Gasteiger partial charge is 0.508 e. The smallest absolute Gasteiger partial charge is 0.418 e. The molecule has 2 aromatic carbocycles. The molecule has 7 nitrogen and oxygen atoms in total. The van der Waals surface area contributed by atoms with Crippen LogP contribution < -0.4 is 5.32 Å². The number of phenols is 1. The fraction of sp³-hybridized carbons (Fsp3) is 0.286. The van der Waals surface area contributed by atoms with Crippen molar-refractivity contribution in [2.24, 2.45) is 7.05 Å². The summed E-state index contributed by atoms with van der Waals surface area (Å²) in [5.41, 5.74) is 1.22. The maximum absolute atomic E-state index is 13.3. The molecule has 0 aliphatic carbocycles. The van der Waals surface area contributed by atoms with Gasteiger partial charge in [-0.2, -0.15) is 13.2 Å². The van der Waals surface area contributed by atoms with E-state index in [0.29, 0.717) is 53.9 Å². The highest BCUT2D eigenvalue weighted by atomic mass is 19.4. The summed E-state index contributed by atoms with van der Waals surface area (Å²) >= 11 is 0. The summed E-state index contributed by atoms with van der Waals surface area (Å²) < 4.78 is 46.9. The van der Waals surface area contributed by atoms with E-state index in [9.17, 15) is 27.9 Å². The fourth-order valence-electron chi connectivity index (χ4n) is 5.09. The Bertz CT molecular complexity index is 1510. The molecule has 1 aliphatic rings. The van der Waals surface area contributed by atoms with Crippen LogP contribution in [0.25, 0.3) is 11.0 Å². The van der Waals surface area contributed by atoms with Gasteiger partial charge >= 0.3 is 6.18 Å². The van der Waals surface area contributed by atoms with Gasteiger partial charge in [0.05, 0.1) is 16.7 Å². The number of carbonyl (C=O) groups excluding carboxylic acids is 2. The standard InChI is InChI=1S/C28H26F3N3O4/c1-16-25(21-8-7-20(35)13-24(21)38-16)26(36)32-19-5-3-17(4-6-19)18-9-11-34(12-10-18)27(37)22-14-33(2)15-23(22)28(29,30)31/h3-8,13-15,18,35H,9-12H2,1-2H3,(H,32,36). The number of carbonyl (C=O) groups is 2. The Hall–Kier alpha value is -4.21. The van der Waals surface area contributed by atoms with Crippen molar-refractivity contribution in [2.45, 2.75) is 31.9 Å². The minimum atomic E-state index is -4.59. The molecule has 5 rings (SSSR count). The SMILES string of the molecule is Cc1oc2cc(O)ccc2c1C(=O)Nc1ccc(C2CCN(C(=O)c3cn(C)cc3C(F)(F)F)CC2)cc1. The van der Waals surface area contributed by atoms with Crippen molar-refractivity contribution in [1.29, 1.82) is 0 Å². The predicted molar refractivity (Wildman–Crippen MR) is 135 cm³/mol. The average Bonchev–Trinajstić information content (AvgIpc) is 3.43. The van der Waals surface area contributed by atoms with E-state index >= 15 is 0 Å². The molecule has 10 heteroatoms.